The van der Waals surface area contributed by atoms with Crippen LogP contribution >= 0.6 is 15.9 Å². The first kappa shape index (κ1) is 27.4. The Morgan fingerprint density at radius 1 is 0.973 bits per heavy atom. The first-order valence-corrected chi connectivity index (χ1v) is 16.1. The predicted molar refractivity (Wildman–Crippen MR) is 157 cm³/mol. The number of ether oxygens (including phenoxy) is 1. The second kappa shape index (κ2) is 9.56. The Hall–Kier alpha value is -2.68. The van der Waals surface area contributed by atoms with E-state index in [0.717, 1.165) is 26.3 Å². The van der Waals surface area contributed by atoms with Gasteiger partial charge in [0.1, 0.15) is 5.60 Å². The van der Waals surface area contributed by atoms with Crippen LogP contribution in [0.15, 0.2) is 57.8 Å². The summed E-state index contributed by atoms with van der Waals surface area (Å²) in [6.45, 7) is 17.1. The second-order valence-electron chi connectivity index (χ2n) is 12.0. The van der Waals surface area contributed by atoms with Gasteiger partial charge in [-0.15, -0.1) is 0 Å². The molecule has 37 heavy (non-hydrogen) atoms. The molecule has 0 radical (unpaired) electrons. The molecule has 0 fully saturated rings. The van der Waals surface area contributed by atoms with Crippen LogP contribution in [0.4, 0.5) is 4.79 Å². The van der Waals surface area contributed by atoms with E-state index in [2.05, 4.69) is 54.8 Å². The Morgan fingerprint density at radius 3 is 2.32 bits per heavy atom. The summed E-state index contributed by atoms with van der Waals surface area (Å²) < 4.78 is 14.6. The monoisotopic (exact) mass is 582 g/mol. The van der Waals surface area contributed by atoms with E-state index < -0.39 is 20.0 Å². The maximum absolute atomic E-state index is 13.4. The zero-order chi connectivity index (χ0) is 27.3. The average Bonchev–Trinajstić information content (AvgIpc) is 3.14. The van der Waals surface area contributed by atoms with E-state index in [1.54, 1.807) is 0 Å². The highest BCUT2D eigenvalue weighted by molar-refractivity contribution is 9.10. The van der Waals surface area contributed by atoms with Gasteiger partial charge < -0.3 is 14.1 Å². The molecular formula is C29H35BrN2O4Si. The molecule has 0 aliphatic carbocycles. The maximum Gasteiger partial charge on any atom is 0.419 e. The number of carbonyl (C=O) groups excluding carboxylic acids is 1. The Balaban J connectivity index is 1.86. The molecule has 0 spiro atoms. The van der Waals surface area contributed by atoms with Crippen LogP contribution in [-0.2, 0) is 15.8 Å². The fraction of sp³-hybridized carbons (Fsp3) is 0.379. The fourth-order valence-electron chi connectivity index (χ4n) is 3.91. The SMILES string of the molecule is CC(C)(C)OC(=O)n1c(-c2cc3cc(Br)ccc3[nH]c2=O)cc2cc(CO[Si](C)(C)C(C)(C)C)ccc21. The minimum atomic E-state index is -1.93. The van der Waals surface area contributed by atoms with Crippen molar-refractivity contribution in [3.63, 3.8) is 0 Å². The smallest absolute Gasteiger partial charge is 0.419 e. The summed E-state index contributed by atoms with van der Waals surface area (Å²) in [6, 6.07) is 15.3. The minimum Gasteiger partial charge on any atom is -0.443 e. The Labute approximate surface area is 227 Å². The molecule has 0 unspecified atom stereocenters. The zero-order valence-electron chi connectivity index (χ0n) is 22.8. The molecule has 4 rings (SSSR count). The van der Waals surface area contributed by atoms with Gasteiger partial charge in [-0.05, 0) is 86.9 Å². The molecule has 0 aliphatic rings. The predicted octanol–water partition coefficient (Wildman–Crippen LogP) is 8.22. The summed E-state index contributed by atoms with van der Waals surface area (Å²) in [5.41, 5.74) is 2.32. The van der Waals surface area contributed by atoms with Gasteiger partial charge in [-0.1, -0.05) is 42.8 Å². The summed E-state index contributed by atoms with van der Waals surface area (Å²) in [7, 11) is -1.93. The summed E-state index contributed by atoms with van der Waals surface area (Å²) in [5, 5.41) is 1.80. The van der Waals surface area contributed by atoms with E-state index >= 15 is 0 Å². The van der Waals surface area contributed by atoms with Crippen LogP contribution in [-0.4, -0.2) is 29.6 Å². The van der Waals surface area contributed by atoms with Gasteiger partial charge in [-0.3, -0.25) is 4.79 Å². The molecule has 2 aromatic carbocycles. The Morgan fingerprint density at radius 2 is 1.68 bits per heavy atom. The normalized spacial score (nSPS) is 12.9. The van der Waals surface area contributed by atoms with Gasteiger partial charge in [0.25, 0.3) is 5.56 Å². The maximum atomic E-state index is 13.4. The number of nitrogens with one attached hydrogen (secondary N) is 1. The lowest BCUT2D eigenvalue weighted by Gasteiger charge is -2.36. The molecule has 2 heterocycles. The first-order valence-electron chi connectivity index (χ1n) is 12.4. The van der Waals surface area contributed by atoms with Crippen molar-refractivity contribution in [2.75, 3.05) is 0 Å². The van der Waals surface area contributed by atoms with Crippen molar-refractivity contribution >= 4 is 52.1 Å². The molecule has 1 N–H and O–H groups in total. The number of hydrogen-bond donors (Lipinski definition) is 1. The quantitative estimate of drug-likeness (QED) is 0.246. The molecule has 8 heteroatoms. The van der Waals surface area contributed by atoms with E-state index in [-0.39, 0.29) is 10.6 Å². The van der Waals surface area contributed by atoms with Gasteiger partial charge in [0.2, 0.25) is 0 Å². The first-order chi connectivity index (χ1) is 17.1. The third kappa shape index (κ3) is 5.76. The largest absolute Gasteiger partial charge is 0.443 e. The van der Waals surface area contributed by atoms with Crippen molar-refractivity contribution in [3.8, 4) is 11.3 Å². The van der Waals surface area contributed by atoms with Crippen molar-refractivity contribution < 1.29 is 14.0 Å². The number of fused-ring (bicyclic) bond motifs is 2. The summed E-state index contributed by atoms with van der Waals surface area (Å²) >= 11 is 3.50. The van der Waals surface area contributed by atoms with Crippen LogP contribution in [0.3, 0.4) is 0 Å². The molecule has 4 aromatic rings. The summed E-state index contributed by atoms with van der Waals surface area (Å²) in [4.78, 5) is 29.5. The van der Waals surface area contributed by atoms with Crippen LogP contribution in [0.1, 0.15) is 47.1 Å². The highest BCUT2D eigenvalue weighted by Gasteiger charge is 2.37. The van der Waals surface area contributed by atoms with Crippen molar-refractivity contribution in [1.82, 2.24) is 9.55 Å². The van der Waals surface area contributed by atoms with Crippen LogP contribution in [0, 0.1) is 0 Å². The fourth-order valence-corrected chi connectivity index (χ4v) is 5.24. The molecule has 6 nitrogen and oxygen atoms in total. The molecule has 0 aliphatic heterocycles. The molecule has 196 valence electrons. The summed E-state index contributed by atoms with van der Waals surface area (Å²) in [6.07, 6.45) is -0.531. The molecular weight excluding hydrogens is 548 g/mol. The van der Waals surface area contributed by atoms with E-state index in [4.69, 9.17) is 9.16 Å². The third-order valence-corrected chi connectivity index (χ3v) is 11.9. The molecule has 0 saturated carbocycles. The number of hydrogen-bond acceptors (Lipinski definition) is 4. The lowest BCUT2D eigenvalue weighted by molar-refractivity contribution is 0.0547. The lowest BCUT2D eigenvalue weighted by Crippen LogP contribution is -2.40. The van der Waals surface area contributed by atoms with E-state index in [1.165, 1.54) is 4.57 Å². The zero-order valence-corrected chi connectivity index (χ0v) is 25.4. The average molecular weight is 584 g/mol. The number of pyridine rings is 1. The number of H-pyrrole nitrogens is 1. The minimum absolute atomic E-state index is 0.108. The van der Waals surface area contributed by atoms with Gasteiger partial charge >= 0.3 is 6.09 Å². The molecule has 0 amide bonds. The molecule has 0 atom stereocenters. The Bertz CT molecular complexity index is 1550. The van der Waals surface area contributed by atoms with Gasteiger partial charge in [-0.2, -0.15) is 0 Å². The third-order valence-electron chi connectivity index (χ3n) is 6.93. The van der Waals surface area contributed by atoms with Gasteiger partial charge in [0.05, 0.1) is 23.4 Å². The van der Waals surface area contributed by atoms with E-state index in [1.807, 2.05) is 69.3 Å². The standard InChI is InChI=1S/C29H35BrN2O4Si/c1-28(2,3)36-27(34)32-24-12-9-18(17-35-37(7,8)29(4,5)6)13-20(24)16-25(32)22-15-19-14-21(30)10-11-23(19)31-26(22)33/h9-16H,17H2,1-8H3,(H,31,33). The van der Waals surface area contributed by atoms with Crippen LogP contribution in [0.25, 0.3) is 33.1 Å². The highest BCUT2D eigenvalue weighted by atomic mass is 79.9. The molecule has 0 bridgehead atoms. The number of halogens is 1. The van der Waals surface area contributed by atoms with Crippen molar-refractivity contribution in [3.05, 3.63) is 68.9 Å². The van der Waals surface area contributed by atoms with Crippen LogP contribution in [0.5, 0.6) is 0 Å². The lowest BCUT2D eigenvalue weighted by atomic mass is 10.1. The number of nitrogens with zero attached hydrogens (tertiary/aromatic N) is 1. The number of rotatable bonds is 4. The van der Waals surface area contributed by atoms with E-state index in [9.17, 15) is 9.59 Å². The Kier molecular flexibility index (Phi) is 7.07. The molecule has 2 aromatic heterocycles. The summed E-state index contributed by atoms with van der Waals surface area (Å²) in [5.74, 6) is 0. The number of aromatic amines is 1. The number of aromatic nitrogens is 2. The van der Waals surface area contributed by atoms with Gasteiger partial charge in [-0.25, -0.2) is 9.36 Å². The van der Waals surface area contributed by atoms with Crippen molar-refractivity contribution in [2.24, 2.45) is 0 Å². The second-order valence-corrected chi connectivity index (χ2v) is 17.8. The van der Waals surface area contributed by atoms with Crippen molar-refractivity contribution in [1.29, 1.82) is 0 Å². The topological polar surface area (TPSA) is 73.3 Å². The van der Waals surface area contributed by atoms with Crippen molar-refractivity contribution in [2.45, 2.75) is 71.9 Å². The van der Waals surface area contributed by atoms with E-state index in [0.29, 0.717) is 23.4 Å². The van der Waals surface area contributed by atoms with Gasteiger partial charge in [0, 0.05) is 20.8 Å². The van der Waals surface area contributed by atoms with Gasteiger partial charge in [0.15, 0.2) is 8.32 Å². The number of benzene rings is 2. The molecule has 0 saturated heterocycles. The van der Waals surface area contributed by atoms with Crippen LogP contribution in [0.2, 0.25) is 18.1 Å². The number of carbonyl (C=O) groups is 1. The van der Waals surface area contributed by atoms with Crippen LogP contribution < -0.4 is 5.56 Å². The highest BCUT2D eigenvalue weighted by Crippen LogP contribution is 2.37.